The molecule has 2 heterocycles. The van der Waals surface area contributed by atoms with Crippen molar-refractivity contribution in [3.63, 3.8) is 0 Å². The molecule has 0 bridgehead atoms. The highest BCUT2D eigenvalue weighted by Crippen LogP contribution is 2.36. The Hall–Kier alpha value is -3.84. The van der Waals surface area contributed by atoms with E-state index in [1.165, 1.54) is 5.56 Å². The Kier molecular flexibility index (Phi) is 5.95. The number of nitrogens with one attached hydrogen (secondary N) is 2. The molecule has 1 aliphatic rings. The lowest BCUT2D eigenvalue weighted by atomic mass is 9.95. The van der Waals surface area contributed by atoms with Gasteiger partial charge in [0.15, 0.2) is 0 Å². The van der Waals surface area contributed by atoms with Crippen LogP contribution in [0.1, 0.15) is 24.1 Å². The second-order valence-corrected chi connectivity index (χ2v) is 8.68. The third-order valence-corrected chi connectivity index (χ3v) is 6.34. The molecule has 7 heteroatoms. The molecule has 164 valence electrons. The van der Waals surface area contributed by atoms with E-state index in [0.29, 0.717) is 16.7 Å². The highest BCUT2D eigenvalue weighted by molar-refractivity contribution is 7.98. The number of allylic oxidation sites excluding steroid dienone is 1. The van der Waals surface area contributed by atoms with Crippen LogP contribution in [0.25, 0.3) is 0 Å². The molecule has 0 saturated carbocycles. The maximum atomic E-state index is 13.4. The second kappa shape index (κ2) is 9.34. The molecule has 0 radical (unpaired) electrons. The second-order valence-electron chi connectivity index (χ2n) is 7.73. The van der Waals surface area contributed by atoms with E-state index in [0.717, 1.165) is 22.7 Å². The van der Waals surface area contributed by atoms with Gasteiger partial charge in [0, 0.05) is 17.1 Å². The number of benzene rings is 3. The molecule has 33 heavy (non-hydrogen) atoms. The van der Waals surface area contributed by atoms with Crippen molar-refractivity contribution < 1.29 is 4.79 Å². The minimum atomic E-state index is -0.385. The van der Waals surface area contributed by atoms with Crippen molar-refractivity contribution in [2.45, 2.75) is 23.9 Å². The van der Waals surface area contributed by atoms with Gasteiger partial charge in [-0.1, -0.05) is 90.6 Å². The zero-order chi connectivity index (χ0) is 22.6. The molecule has 4 aromatic rings. The number of fused-ring (bicyclic) bond motifs is 1. The lowest BCUT2D eigenvalue weighted by Crippen LogP contribution is -2.31. The molecule has 1 aliphatic heterocycles. The summed E-state index contributed by atoms with van der Waals surface area (Å²) in [5.74, 6) is 1.24. The average Bonchev–Trinajstić information content (AvgIpc) is 3.26. The fourth-order valence-electron chi connectivity index (χ4n) is 3.87. The first-order chi connectivity index (χ1) is 16.2. The Balaban J connectivity index is 1.48. The van der Waals surface area contributed by atoms with Gasteiger partial charge in [0.05, 0.1) is 5.57 Å². The molecule has 0 saturated heterocycles. The fraction of sp³-hybridized carbons (Fsp3) is 0.115. The van der Waals surface area contributed by atoms with Crippen molar-refractivity contribution in [1.82, 2.24) is 14.8 Å². The van der Waals surface area contributed by atoms with Crippen LogP contribution in [-0.4, -0.2) is 20.7 Å². The van der Waals surface area contributed by atoms with Crippen LogP contribution >= 0.6 is 11.8 Å². The summed E-state index contributed by atoms with van der Waals surface area (Å²) in [5.41, 5.74) is 4.30. The van der Waals surface area contributed by atoms with Crippen molar-refractivity contribution >= 4 is 29.3 Å². The van der Waals surface area contributed by atoms with E-state index < -0.39 is 0 Å². The maximum Gasteiger partial charge on any atom is 0.255 e. The summed E-state index contributed by atoms with van der Waals surface area (Å²) in [6.45, 7) is 1.91. The Labute approximate surface area is 196 Å². The Bertz CT molecular complexity index is 1290. The van der Waals surface area contributed by atoms with E-state index in [-0.39, 0.29) is 11.9 Å². The average molecular weight is 454 g/mol. The quantitative estimate of drug-likeness (QED) is 0.377. The number of anilines is 2. The van der Waals surface area contributed by atoms with Gasteiger partial charge in [0.25, 0.3) is 5.91 Å². The molecule has 0 unspecified atom stereocenters. The van der Waals surface area contributed by atoms with Crippen LogP contribution in [0.5, 0.6) is 0 Å². The predicted octanol–water partition coefficient (Wildman–Crippen LogP) is 5.50. The van der Waals surface area contributed by atoms with Gasteiger partial charge in [-0.2, -0.15) is 4.98 Å². The van der Waals surface area contributed by atoms with Crippen LogP contribution in [0.15, 0.2) is 107 Å². The number of carbonyl (C=O) groups is 1. The molecule has 1 amide bonds. The monoisotopic (exact) mass is 453 g/mol. The number of para-hydroxylation sites is 1. The summed E-state index contributed by atoms with van der Waals surface area (Å²) in [6, 6.07) is 29.3. The van der Waals surface area contributed by atoms with Gasteiger partial charge in [0.1, 0.15) is 6.04 Å². The van der Waals surface area contributed by atoms with Gasteiger partial charge < -0.3 is 10.6 Å². The highest BCUT2D eigenvalue weighted by Gasteiger charge is 2.34. The van der Waals surface area contributed by atoms with Crippen LogP contribution in [0.2, 0.25) is 0 Å². The number of nitrogens with zero attached hydrogens (tertiary/aromatic N) is 3. The Morgan fingerprint density at radius 3 is 2.30 bits per heavy atom. The van der Waals surface area contributed by atoms with E-state index in [1.807, 2.05) is 90.5 Å². The third kappa shape index (κ3) is 4.54. The summed E-state index contributed by atoms with van der Waals surface area (Å²) in [4.78, 5) is 18.1. The number of aromatic nitrogens is 3. The standard InChI is InChI=1S/C26H23N5OS/c1-18-22(24(32)28-21-15-9-4-10-16-21)23(20-13-7-3-8-14-20)31-25(27-18)29-26(30-31)33-17-19-11-5-2-6-12-19/h2-16,23H,17H2,1H3,(H,28,32)(H,27,29,30)/t23-/m0/s1. The number of hydrogen-bond acceptors (Lipinski definition) is 5. The van der Waals surface area contributed by atoms with E-state index in [9.17, 15) is 4.79 Å². The molecular weight excluding hydrogens is 430 g/mol. The molecule has 3 aromatic carbocycles. The lowest BCUT2D eigenvalue weighted by molar-refractivity contribution is -0.113. The number of amides is 1. The number of hydrogen-bond donors (Lipinski definition) is 2. The number of thioether (sulfide) groups is 1. The molecule has 1 atom stereocenters. The SMILES string of the molecule is CC1=C(C(=O)Nc2ccccc2)[C@H](c2ccccc2)n2nc(SCc3ccccc3)nc2N1. The van der Waals surface area contributed by atoms with Crippen LogP contribution in [0.4, 0.5) is 11.6 Å². The van der Waals surface area contributed by atoms with E-state index in [4.69, 9.17) is 10.1 Å². The summed E-state index contributed by atoms with van der Waals surface area (Å²) >= 11 is 1.58. The van der Waals surface area contributed by atoms with Gasteiger partial charge in [-0.05, 0) is 30.2 Å². The molecule has 0 aliphatic carbocycles. The van der Waals surface area contributed by atoms with Crippen LogP contribution < -0.4 is 10.6 Å². The number of carbonyl (C=O) groups excluding carboxylic acids is 1. The molecule has 5 rings (SSSR count). The molecule has 6 nitrogen and oxygen atoms in total. The van der Waals surface area contributed by atoms with Crippen molar-refractivity contribution in [2.24, 2.45) is 0 Å². The largest absolute Gasteiger partial charge is 0.328 e. The summed E-state index contributed by atoms with van der Waals surface area (Å²) in [6.07, 6.45) is 0. The normalized spacial score (nSPS) is 15.0. The van der Waals surface area contributed by atoms with E-state index in [2.05, 4.69) is 22.8 Å². The van der Waals surface area contributed by atoms with Crippen molar-refractivity contribution in [2.75, 3.05) is 10.6 Å². The molecule has 2 N–H and O–H groups in total. The summed E-state index contributed by atoms with van der Waals surface area (Å²) in [7, 11) is 0. The van der Waals surface area contributed by atoms with Crippen LogP contribution in [0, 0.1) is 0 Å². The first kappa shape index (κ1) is 21.0. The van der Waals surface area contributed by atoms with Gasteiger partial charge in [-0.3, -0.25) is 4.79 Å². The highest BCUT2D eigenvalue weighted by atomic mass is 32.2. The summed E-state index contributed by atoms with van der Waals surface area (Å²) in [5, 5.41) is 11.8. The van der Waals surface area contributed by atoms with Gasteiger partial charge in [0.2, 0.25) is 11.1 Å². The predicted molar refractivity (Wildman–Crippen MR) is 132 cm³/mol. The zero-order valence-electron chi connectivity index (χ0n) is 18.1. The minimum Gasteiger partial charge on any atom is -0.328 e. The van der Waals surface area contributed by atoms with Crippen molar-refractivity contribution in [3.8, 4) is 0 Å². The van der Waals surface area contributed by atoms with Gasteiger partial charge >= 0.3 is 0 Å². The molecule has 1 aromatic heterocycles. The Morgan fingerprint density at radius 2 is 1.61 bits per heavy atom. The van der Waals surface area contributed by atoms with Crippen molar-refractivity contribution in [3.05, 3.63) is 113 Å². The molecule has 0 fully saturated rings. The Morgan fingerprint density at radius 1 is 0.970 bits per heavy atom. The summed E-state index contributed by atoms with van der Waals surface area (Å²) < 4.78 is 1.82. The van der Waals surface area contributed by atoms with Crippen LogP contribution in [-0.2, 0) is 10.5 Å². The lowest BCUT2D eigenvalue weighted by Gasteiger charge is -2.28. The van der Waals surface area contributed by atoms with Gasteiger partial charge in [-0.25, -0.2) is 4.68 Å². The van der Waals surface area contributed by atoms with Crippen molar-refractivity contribution in [1.29, 1.82) is 0 Å². The molecular formula is C26H23N5OS. The zero-order valence-corrected chi connectivity index (χ0v) is 18.9. The van der Waals surface area contributed by atoms with E-state index in [1.54, 1.807) is 11.8 Å². The maximum absolute atomic E-state index is 13.4. The van der Waals surface area contributed by atoms with E-state index >= 15 is 0 Å². The third-order valence-electron chi connectivity index (χ3n) is 5.44. The smallest absolute Gasteiger partial charge is 0.255 e. The van der Waals surface area contributed by atoms with Gasteiger partial charge in [-0.15, -0.1) is 5.10 Å². The topological polar surface area (TPSA) is 71.8 Å². The minimum absolute atomic E-state index is 0.167. The molecule has 0 spiro atoms. The fourth-order valence-corrected chi connectivity index (χ4v) is 4.66. The first-order valence-corrected chi connectivity index (χ1v) is 11.7. The number of rotatable bonds is 6. The van der Waals surface area contributed by atoms with Crippen LogP contribution in [0.3, 0.4) is 0 Å². The first-order valence-electron chi connectivity index (χ1n) is 10.7.